The average molecular weight is 301 g/mol. The van der Waals surface area contributed by atoms with Gasteiger partial charge in [0, 0.05) is 45.3 Å². The Bertz CT molecular complexity index is 500. The van der Waals surface area contributed by atoms with E-state index in [0.29, 0.717) is 17.4 Å². The predicted molar refractivity (Wildman–Crippen MR) is 76.3 cm³/mol. The van der Waals surface area contributed by atoms with Crippen molar-refractivity contribution in [2.24, 2.45) is 0 Å². The summed E-state index contributed by atoms with van der Waals surface area (Å²) < 4.78 is 24.9. The molecule has 2 aliphatic heterocycles. The van der Waals surface area contributed by atoms with Gasteiger partial charge in [-0.15, -0.1) is 0 Å². The number of nitrogens with one attached hydrogen (secondary N) is 1. The standard InChI is InChI=1S/C14H18ClFN2O2/c1-19-8-11-6-10-7-17-2-3-18(10)13-5-9(16)4-12(15)14(13)20-11/h4-5,10-11,17H,2-3,6-8H2,1H3/t10-,11-/m1/s1. The zero-order chi connectivity index (χ0) is 14.1. The van der Waals surface area contributed by atoms with Gasteiger partial charge in [-0.2, -0.15) is 0 Å². The molecule has 1 aromatic carbocycles. The molecule has 1 fully saturated rings. The molecule has 1 N–H and O–H groups in total. The van der Waals surface area contributed by atoms with E-state index < -0.39 is 0 Å². The summed E-state index contributed by atoms with van der Waals surface area (Å²) in [5, 5.41) is 3.69. The Hall–Kier alpha value is -1.04. The number of hydrogen-bond donors (Lipinski definition) is 1. The number of fused-ring (bicyclic) bond motifs is 3. The quantitative estimate of drug-likeness (QED) is 0.906. The Labute approximate surface area is 122 Å². The van der Waals surface area contributed by atoms with Crippen LogP contribution in [0, 0.1) is 5.82 Å². The Balaban J connectivity index is 2.02. The number of anilines is 1. The Morgan fingerprint density at radius 1 is 1.55 bits per heavy atom. The molecular weight excluding hydrogens is 283 g/mol. The summed E-state index contributed by atoms with van der Waals surface area (Å²) in [4.78, 5) is 2.19. The van der Waals surface area contributed by atoms with Gasteiger partial charge in [0.2, 0.25) is 0 Å². The molecule has 0 radical (unpaired) electrons. The molecule has 2 heterocycles. The molecule has 3 rings (SSSR count). The second kappa shape index (κ2) is 5.76. The van der Waals surface area contributed by atoms with Crippen LogP contribution in [0.4, 0.5) is 10.1 Å². The highest BCUT2D eigenvalue weighted by atomic mass is 35.5. The van der Waals surface area contributed by atoms with Gasteiger partial charge in [0.05, 0.1) is 17.3 Å². The molecule has 0 saturated carbocycles. The molecule has 0 unspecified atom stereocenters. The Morgan fingerprint density at radius 2 is 2.40 bits per heavy atom. The zero-order valence-electron chi connectivity index (χ0n) is 11.4. The van der Waals surface area contributed by atoms with Crippen molar-refractivity contribution in [3.63, 3.8) is 0 Å². The SMILES string of the molecule is COC[C@H]1C[C@@H]2CNCCN2c2cc(F)cc(Cl)c2O1. The van der Waals surface area contributed by atoms with Gasteiger partial charge in [0.15, 0.2) is 5.75 Å². The number of ether oxygens (including phenoxy) is 2. The van der Waals surface area contributed by atoms with Gasteiger partial charge in [0.1, 0.15) is 11.9 Å². The minimum absolute atomic E-state index is 0.0726. The molecule has 1 saturated heterocycles. The summed E-state index contributed by atoms with van der Waals surface area (Å²) in [7, 11) is 1.65. The number of nitrogens with zero attached hydrogens (tertiary/aromatic N) is 1. The number of rotatable bonds is 2. The maximum atomic E-state index is 13.7. The van der Waals surface area contributed by atoms with Crippen LogP contribution in [0.2, 0.25) is 5.02 Å². The van der Waals surface area contributed by atoms with E-state index in [0.717, 1.165) is 31.7 Å². The molecule has 0 amide bonds. The number of methoxy groups -OCH3 is 1. The van der Waals surface area contributed by atoms with Crippen LogP contribution < -0.4 is 15.0 Å². The van der Waals surface area contributed by atoms with Crippen LogP contribution >= 0.6 is 11.6 Å². The van der Waals surface area contributed by atoms with Crippen LogP contribution in [0.25, 0.3) is 0 Å². The lowest BCUT2D eigenvalue weighted by molar-refractivity contribution is 0.0746. The number of hydrogen-bond acceptors (Lipinski definition) is 4. The lowest BCUT2D eigenvalue weighted by atomic mass is 10.1. The molecular formula is C14H18ClFN2O2. The molecule has 20 heavy (non-hydrogen) atoms. The lowest BCUT2D eigenvalue weighted by Crippen LogP contribution is -2.52. The molecule has 0 aliphatic carbocycles. The zero-order valence-corrected chi connectivity index (χ0v) is 12.1. The van der Waals surface area contributed by atoms with Crippen molar-refractivity contribution in [1.82, 2.24) is 5.32 Å². The monoisotopic (exact) mass is 300 g/mol. The predicted octanol–water partition coefficient (Wildman–Crippen LogP) is 2.05. The van der Waals surface area contributed by atoms with E-state index in [4.69, 9.17) is 21.1 Å². The van der Waals surface area contributed by atoms with Gasteiger partial charge in [-0.1, -0.05) is 11.6 Å². The molecule has 0 aromatic heterocycles. The highest BCUT2D eigenvalue weighted by Gasteiger charge is 2.33. The third-order valence-electron chi connectivity index (χ3n) is 3.82. The second-order valence-corrected chi connectivity index (χ2v) is 5.63. The van der Waals surface area contributed by atoms with Gasteiger partial charge in [-0.25, -0.2) is 4.39 Å². The largest absolute Gasteiger partial charge is 0.484 e. The van der Waals surface area contributed by atoms with E-state index in [1.165, 1.54) is 12.1 Å². The summed E-state index contributed by atoms with van der Waals surface area (Å²) in [5.41, 5.74) is 0.750. The van der Waals surface area contributed by atoms with Gasteiger partial charge in [0.25, 0.3) is 0 Å². The van der Waals surface area contributed by atoms with E-state index in [-0.39, 0.29) is 18.0 Å². The molecule has 4 nitrogen and oxygen atoms in total. The van der Waals surface area contributed by atoms with Crippen LogP contribution in [-0.2, 0) is 4.74 Å². The first-order valence-electron chi connectivity index (χ1n) is 6.81. The van der Waals surface area contributed by atoms with Gasteiger partial charge in [-0.05, 0) is 6.07 Å². The van der Waals surface area contributed by atoms with Crippen molar-refractivity contribution >= 4 is 17.3 Å². The molecule has 6 heteroatoms. The van der Waals surface area contributed by atoms with Crippen LogP contribution in [-0.4, -0.2) is 45.5 Å². The maximum absolute atomic E-state index is 13.7. The molecule has 0 spiro atoms. The summed E-state index contributed by atoms with van der Waals surface area (Å²) in [6.07, 6.45) is 0.754. The fourth-order valence-electron chi connectivity index (χ4n) is 2.97. The average Bonchev–Trinajstić information content (AvgIpc) is 2.57. The van der Waals surface area contributed by atoms with Crippen molar-refractivity contribution in [3.05, 3.63) is 23.0 Å². The number of halogens is 2. The Morgan fingerprint density at radius 3 is 3.20 bits per heavy atom. The van der Waals surface area contributed by atoms with Crippen molar-refractivity contribution in [3.8, 4) is 5.75 Å². The third-order valence-corrected chi connectivity index (χ3v) is 4.10. The summed E-state index contributed by atoms with van der Waals surface area (Å²) >= 11 is 6.17. The Kier molecular flexibility index (Phi) is 4.01. The van der Waals surface area contributed by atoms with E-state index >= 15 is 0 Å². The lowest BCUT2D eigenvalue weighted by Gasteiger charge is -2.37. The highest BCUT2D eigenvalue weighted by molar-refractivity contribution is 6.32. The van der Waals surface area contributed by atoms with Gasteiger partial charge in [-0.3, -0.25) is 0 Å². The molecule has 2 aliphatic rings. The van der Waals surface area contributed by atoms with Crippen LogP contribution in [0.1, 0.15) is 6.42 Å². The van der Waals surface area contributed by atoms with E-state index in [9.17, 15) is 4.39 Å². The topological polar surface area (TPSA) is 33.7 Å². The maximum Gasteiger partial charge on any atom is 0.161 e. The van der Waals surface area contributed by atoms with Crippen LogP contribution in [0.3, 0.4) is 0 Å². The van der Waals surface area contributed by atoms with Crippen molar-refractivity contribution < 1.29 is 13.9 Å². The summed E-state index contributed by atoms with van der Waals surface area (Å²) in [6.45, 7) is 3.05. The second-order valence-electron chi connectivity index (χ2n) is 5.22. The number of benzene rings is 1. The third kappa shape index (κ3) is 2.57. The van der Waals surface area contributed by atoms with Gasteiger partial charge >= 0.3 is 0 Å². The summed E-state index contributed by atoms with van der Waals surface area (Å²) in [6, 6.07) is 3.07. The van der Waals surface area contributed by atoms with Crippen LogP contribution in [0.15, 0.2) is 12.1 Å². The van der Waals surface area contributed by atoms with E-state index in [1.807, 2.05) is 0 Å². The van der Waals surface area contributed by atoms with E-state index in [2.05, 4.69) is 10.2 Å². The molecule has 0 bridgehead atoms. The minimum Gasteiger partial charge on any atom is -0.484 e. The molecule has 2 atom stereocenters. The fourth-order valence-corrected chi connectivity index (χ4v) is 3.22. The molecule has 110 valence electrons. The summed E-state index contributed by atoms with van der Waals surface area (Å²) in [5.74, 6) is 0.236. The van der Waals surface area contributed by atoms with E-state index in [1.54, 1.807) is 7.11 Å². The highest BCUT2D eigenvalue weighted by Crippen LogP contribution is 2.41. The normalized spacial score (nSPS) is 25.4. The first kappa shape index (κ1) is 13.9. The smallest absolute Gasteiger partial charge is 0.161 e. The van der Waals surface area contributed by atoms with Gasteiger partial charge < -0.3 is 19.7 Å². The van der Waals surface area contributed by atoms with Crippen molar-refractivity contribution in [2.45, 2.75) is 18.6 Å². The molecule has 1 aromatic rings. The number of piperazine rings is 1. The fraction of sp³-hybridized carbons (Fsp3) is 0.571. The first-order chi connectivity index (χ1) is 9.69. The van der Waals surface area contributed by atoms with Crippen molar-refractivity contribution in [1.29, 1.82) is 0 Å². The minimum atomic E-state index is -0.333. The first-order valence-corrected chi connectivity index (χ1v) is 7.19. The van der Waals surface area contributed by atoms with Crippen LogP contribution in [0.5, 0.6) is 5.75 Å². The van der Waals surface area contributed by atoms with Crippen molar-refractivity contribution in [2.75, 3.05) is 38.3 Å².